The number of benzene rings is 1. The molecule has 4 rings (SSSR count). The Bertz CT molecular complexity index is 740. The van der Waals surface area contributed by atoms with E-state index >= 15 is 0 Å². The molecule has 0 saturated carbocycles. The van der Waals surface area contributed by atoms with E-state index in [2.05, 4.69) is 68.1 Å². The standard InChI is InChI=1S/C20H25BrN4/c1-15-5-9-25(10-6-15)20-22-12-17-14-24(8-7-19(17)23-20)13-16-3-2-4-18(21)11-16/h2-4,11-12,15H,5-10,13-14H2,1H3. The molecule has 25 heavy (non-hydrogen) atoms. The lowest BCUT2D eigenvalue weighted by molar-refractivity contribution is 0.243. The number of hydrogen-bond donors (Lipinski definition) is 0. The van der Waals surface area contributed by atoms with Crippen LogP contribution in [0.2, 0.25) is 0 Å². The number of piperidine rings is 1. The Balaban J connectivity index is 1.43. The van der Waals surface area contributed by atoms with Crippen molar-refractivity contribution in [3.05, 3.63) is 51.8 Å². The summed E-state index contributed by atoms with van der Waals surface area (Å²) >= 11 is 3.56. The van der Waals surface area contributed by atoms with Gasteiger partial charge in [0.1, 0.15) is 0 Å². The quantitative estimate of drug-likeness (QED) is 0.777. The Morgan fingerprint density at radius 1 is 1.20 bits per heavy atom. The molecule has 0 aliphatic carbocycles. The maximum atomic E-state index is 4.90. The van der Waals surface area contributed by atoms with Gasteiger partial charge in [-0.25, -0.2) is 9.97 Å². The van der Waals surface area contributed by atoms with Crippen molar-refractivity contribution in [2.24, 2.45) is 5.92 Å². The van der Waals surface area contributed by atoms with Gasteiger partial charge >= 0.3 is 0 Å². The summed E-state index contributed by atoms with van der Waals surface area (Å²) in [6.07, 6.45) is 5.58. The highest BCUT2D eigenvalue weighted by Crippen LogP contribution is 2.24. The van der Waals surface area contributed by atoms with Crippen molar-refractivity contribution in [1.82, 2.24) is 14.9 Å². The van der Waals surface area contributed by atoms with Crippen LogP contribution in [0.5, 0.6) is 0 Å². The molecule has 0 N–H and O–H groups in total. The molecule has 1 fully saturated rings. The molecule has 3 heterocycles. The maximum absolute atomic E-state index is 4.90. The summed E-state index contributed by atoms with van der Waals surface area (Å²) in [5.74, 6) is 1.77. The van der Waals surface area contributed by atoms with Crippen molar-refractivity contribution < 1.29 is 0 Å². The van der Waals surface area contributed by atoms with E-state index < -0.39 is 0 Å². The number of fused-ring (bicyclic) bond motifs is 1. The monoisotopic (exact) mass is 400 g/mol. The van der Waals surface area contributed by atoms with Crippen LogP contribution in [0, 0.1) is 5.92 Å². The number of rotatable bonds is 3. The Morgan fingerprint density at radius 3 is 2.84 bits per heavy atom. The molecule has 1 aromatic carbocycles. The summed E-state index contributed by atoms with van der Waals surface area (Å²) in [5, 5.41) is 0. The average Bonchev–Trinajstić information content (AvgIpc) is 2.62. The zero-order valence-corrected chi connectivity index (χ0v) is 16.4. The third kappa shape index (κ3) is 4.04. The first-order valence-electron chi connectivity index (χ1n) is 9.24. The van der Waals surface area contributed by atoms with E-state index in [0.717, 1.165) is 55.5 Å². The summed E-state index contributed by atoms with van der Waals surface area (Å²) < 4.78 is 1.14. The van der Waals surface area contributed by atoms with Gasteiger partial charge in [-0.3, -0.25) is 4.90 Å². The molecule has 4 nitrogen and oxygen atoms in total. The van der Waals surface area contributed by atoms with Gasteiger partial charge in [0.25, 0.3) is 0 Å². The predicted molar refractivity (Wildman–Crippen MR) is 105 cm³/mol. The first-order chi connectivity index (χ1) is 12.2. The minimum Gasteiger partial charge on any atom is -0.341 e. The second kappa shape index (κ2) is 7.42. The van der Waals surface area contributed by atoms with Gasteiger partial charge in [-0.05, 0) is 36.5 Å². The van der Waals surface area contributed by atoms with Crippen molar-refractivity contribution in [2.45, 2.75) is 39.3 Å². The molecular weight excluding hydrogens is 376 g/mol. The summed E-state index contributed by atoms with van der Waals surface area (Å²) in [6, 6.07) is 8.57. The van der Waals surface area contributed by atoms with Gasteiger partial charge in [0.05, 0.1) is 5.69 Å². The lowest BCUT2D eigenvalue weighted by Crippen LogP contribution is -2.35. The van der Waals surface area contributed by atoms with Crippen LogP contribution in [0.25, 0.3) is 0 Å². The number of hydrogen-bond acceptors (Lipinski definition) is 4. The number of nitrogens with zero attached hydrogens (tertiary/aromatic N) is 4. The topological polar surface area (TPSA) is 32.3 Å². The second-order valence-corrected chi connectivity index (χ2v) is 8.32. The summed E-state index contributed by atoms with van der Waals surface area (Å²) in [7, 11) is 0. The van der Waals surface area contributed by atoms with Crippen molar-refractivity contribution in [3.8, 4) is 0 Å². The normalized spacial score (nSPS) is 19.0. The van der Waals surface area contributed by atoms with Crippen LogP contribution in [0.3, 0.4) is 0 Å². The van der Waals surface area contributed by atoms with Crippen LogP contribution in [-0.2, 0) is 19.5 Å². The molecule has 2 aliphatic rings. The van der Waals surface area contributed by atoms with Gasteiger partial charge in [0.15, 0.2) is 0 Å². The zero-order valence-electron chi connectivity index (χ0n) is 14.8. The predicted octanol–water partition coefficient (Wildman–Crippen LogP) is 4.03. The van der Waals surface area contributed by atoms with E-state index in [0.29, 0.717) is 0 Å². The highest BCUT2D eigenvalue weighted by atomic mass is 79.9. The van der Waals surface area contributed by atoms with Crippen LogP contribution in [-0.4, -0.2) is 34.5 Å². The molecule has 1 aromatic heterocycles. The van der Waals surface area contributed by atoms with E-state index in [1.807, 2.05) is 0 Å². The largest absolute Gasteiger partial charge is 0.341 e. The number of aromatic nitrogens is 2. The number of halogens is 1. The third-order valence-electron chi connectivity index (χ3n) is 5.36. The summed E-state index contributed by atoms with van der Waals surface area (Å²) in [4.78, 5) is 14.4. The van der Waals surface area contributed by atoms with Gasteiger partial charge in [0.2, 0.25) is 5.95 Å². The van der Waals surface area contributed by atoms with Crippen molar-refractivity contribution in [3.63, 3.8) is 0 Å². The van der Waals surface area contributed by atoms with Crippen molar-refractivity contribution in [2.75, 3.05) is 24.5 Å². The Morgan fingerprint density at radius 2 is 2.04 bits per heavy atom. The van der Waals surface area contributed by atoms with E-state index in [1.165, 1.54) is 29.7 Å². The molecule has 2 aromatic rings. The highest BCUT2D eigenvalue weighted by Gasteiger charge is 2.22. The zero-order chi connectivity index (χ0) is 17.2. The number of anilines is 1. The van der Waals surface area contributed by atoms with E-state index in [1.54, 1.807) is 0 Å². The lowest BCUT2D eigenvalue weighted by Gasteiger charge is -2.32. The molecule has 2 aliphatic heterocycles. The minimum atomic E-state index is 0.834. The minimum absolute atomic E-state index is 0.834. The first kappa shape index (κ1) is 17.0. The van der Waals surface area contributed by atoms with Gasteiger partial charge in [-0.1, -0.05) is 35.0 Å². The van der Waals surface area contributed by atoms with Crippen LogP contribution in [0.4, 0.5) is 5.95 Å². The third-order valence-corrected chi connectivity index (χ3v) is 5.86. The van der Waals surface area contributed by atoms with Crippen molar-refractivity contribution in [1.29, 1.82) is 0 Å². The second-order valence-electron chi connectivity index (χ2n) is 7.40. The van der Waals surface area contributed by atoms with Gasteiger partial charge in [-0.2, -0.15) is 0 Å². The van der Waals surface area contributed by atoms with Crippen LogP contribution < -0.4 is 4.90 Å². The highest BCUT2D eigenvalue weighted by molar-refractivity contribution is 9.10. The molecule has 0 radical (unpaired) electrons. The Hall–Kier alpha value is -1.46. The molecular formula is C20H25BrN4. The average molecular weight is 401 g/mol. The molecule has 132 valence electrons. The fourth-order valence-corrected chi connectivity index (χ4v) is 4.20. The Kier molecular flexibility index (Phi) is 5.04. The van der Waals surface area contributed by atoms with Gasteiger partial charge in [0, 0.05) is 55.4 Å². The first-order valence-corrected chi connectivity index (χ1v) is 10.0. The summed E-state index contributed by atoms with van der Waals surface area (Å²) in [5.41, 5.74) is 3.88. The molecule has 5 heteroatoms. The van der Waals surface area contributed by atoms with Gasteiger partial charge < -0.3 is 4.90 Å². The molecule has 0 bridgehead atoms. The van der Waals surface area contributed by atoms with E-state index in [-0.39, 0.29) is 0 Å². The van der Waals surface area contributed by atoms with E-state index in [4.69, 9.17) is 4.98 Å². The molecule has 1 saturated heterocycles. The van der Waals surface area contributed by atoms with Crippen molar-refractivity contribution >= 4 is 21.9 Å². The van der Waals surface area contributed by atoms with Gasteiger partial charge in [-0.15, -0.1) is 0 Å². The summed E-state index contributed by atoms with van der Waals surface area (Å²) in [6.45, 7) is 7.51. The fourth-order valence-electron chi connectivity index (χ4n) is 3.75. The van der Waals surface area contributed by atoms with Crippen LogP contribution >= 0.6 is 15.9 Å². The molecule has 0 unspecified atom stereocenters. The Labute approximate surface area is 158 Å². The SMILES string of the molecule is CC1CCN(c2ncc3c(n2)CCN(Cc2cccc(Br)c2)C3)CC1. The van der Waals surface area contributed by atoms with Crippen LogP contribution in [0.15, 0.2) is 34.9 Å². The molecule has 0 amide bonds. The molecule has 0 spiro atoms. The van der Waals surface area contributed by atoms with Crippen LogP contribution in [0.1, 0.15) is 36.6 Å². The molecule has 0 atom stereocenters. The van der Waals surface area contributed by atoms with E-state index in [9.17, 15) is 0 Å². The fraction of sp³-hybridized carbons (Fsp3) is 0.500. The smallest absolute Gasteiger partial charge is 0.225 e. The maximum Gasteiger partial charge on any atom is 0.225 e. The lowest BCUT2D eigenvalue weighted by atomic mass is 9.99.